The Morgan fingerprint density at radius 3 is 2.47 bits per heavy atom. The number of thioether (sulfide) groups is 1. The maximum Gasteiger partial charge on any atom is 0.409 e. The van der Waals surface area contributed by atoms with Gasteiger partial charge in [0.05, 0.1) is 43.8 Å². The van der Waals surface area contributed by atoms with Gasteiger partial charge in [-0.05, 0) is 81.5 Å². The van der Waals surface area contributed by atoms with Gasteiger partial charge in [-0.25, -0.2) is 9.59 Å². The van der Waals surface area contributed by atoms with Crippen LogP contribution in [0.1, 0.15) is 102 Å². The Bertz CT molecular complexity index is 3010. The molecule has 4 aliphatic heterocycles. The quantitative estimate of drug-likeness (QED) is 0.0434. The first-order valence-corrected chi connectivity index (χ1v) is 30.7. The van der Waals surface area contributed by atoms with Crippen molar-refractivity contribution in [2.45, 2.75) is 154 Å². The summed E-state index contributed by atoms with van der Waals surface area (Å²) in [6, 6.07) is 7.09. The van der Waals surface area contributed by atoms with Crippen molar-refractivity contribution in [1.82, 2.24) is 20.4 Å². The van der Waals surface area contributed by atoms with Crippen LogP contribution in [0, 0.1) is 18.8 Å². The fraction of sp³-hybridized carbons (Fsp3) is 0.571. The number of allylic oxidation sites excluding steroid dienone is 3. The molecule has 5 N–H and O–H groups in total. The highest BCUT2D eigenvalue weighted by Crippen LogP contribution is 2.49. The second-order valence-corrected chi connectivity index (χ2v) is 24.1. The molecular formula is C63H86N6O19S. The van der Waals surface area contributed by atoms with E-state index in [-0.39, 0.29) is 94.3 Å². The number of esters is 3. The molecule has 2 aromatic carbocycles. The Morgan fingerprint density at radius 2 is 1.74 bits per heavy atom. The van der Waals surface area contributed by atoms with Crippen LogP contribution in [0.25, 0.3) is 0 Å². The number of anilines is 2. The monoisotopic (exact) mass is 1260 g/mol. The number of benzene rings is 2. The number of phenols is 1. The SMILES string of the molecule is CCC(=O)NCCC(=O)Nc1cc(COC(=O)C(C)CCN(C)C(=O)SCCC(=O)N(C)[C@@H](C)C(=O)O[C@H]2CC(=O)N(C)c3cc(cc(O)c3C)C/C(C)=C/C=C/C(OC)C3(O)CC(OC(=O)N3)[C@@H](C)[C@@H]3O[C@@]23C)ccc1CC(=O)OC1/C=C/COCOC1. The van der Waals surface area contributed by atoms with Gasteiger partial charge in [0.15, 0.2) is 5.72 Å². The number of rotatable bonds is 21. The highest BCUT2D eigenvalue weighted by molar-refractivity contribution is 8.13. The van der Waals surface area contributed by atoms with E-state index in [1.807, 2.05) is 13.0 Å². The van der Waals surface area contributed by atoms with Crippen LogP contribution in [0.3, 0.4) is 0 Å². The van der Waals surface area contributed by atoms with Gasteiger partial charge in [0, 0.05) is 89.9 Å². The number of epoxide rings is 1. The lowest BCUT2D eigenvalue weighted by Gasteiger charge is -2.42. The number of nitrogens with one attached hydrogen (secondary N) is 3. The van der Waals surface area contributed by atoms with Crippen LogP contribution in [-0.2, 0) is 90.9 Å². The molecule has 4 heterocycles. The van der Waals surface area contributed by atoms with Crippen LogP contribution in [-0.4, -0.2) is 188 Å². The van der Waals surface area contributed by atoms with Crippen LogP contribution >= 0.6 is 11.8 Å². The van der Waals surface area contributed by atoms with Gasteiger partial charge in [0.2, 0.25) is 23.6 Å². The number of carbonyl (C=O) groups is 9. The summed E-state index contributed by atoms with van der Waals surface area (Å²) >= 11 is 0.880. The van der Waals surface area contributed by atoms with E-state index < -0.39 is 108 Å². The van der Waals surface area contributed by atoms with Gasteiger partial charge < -0.3 is 73.4 Å². The highest BCUT2D eigenvalue weighted by atomic mass is 32.2. The van der Waals surface area contributed by atoms with Gasteiger partial charge in [-0.2, -0.15) is 0 Å². The van der Waals surface area contributed by atoms with Crippen molar-refractivity contribution in [2.75, 3.05) is 77.3 Å². The molecule has 0 aliphatic carbocycles. The number of alkyl carbamates (subject to hydrolysis) is 1. The summed E-state index contributed by atoms with van der Waals surface area (Å²) in [6.07, 6.45) is 3.01. The summed E-state index contributed by atoms with van der Waals surface area (Å²) in [5, 5.41) is 30.5. The standard InChI is InChI=1S/C63H86N6O19S/c1-12-52(71)64-23-20-53(72)65-46-28-42(18-19-44(46)31-56(75)85-45-16-14-25-82-36-83-35-45)34-84-58(76)38(3)21-24-67(8)61(79)89-26-22-54(73)68(9)41(6)59(77)87-51-32-55(74)69(10)47-29-43(30-48(70)39(47)4)27-37(2)15-13-17-50(81-11)63(80)33-49(86-60(78)66-63)40(5)57-62(51,7)88-57/h13-19,28-30,38,40-41,45,49-51,57,70,80H,12,20-27,31-36H2,1-11H3,(H,64,71)(H,65,72)(H,66,78)/b16-14+,17-13+,37-15+/t38?,40-,41+,45?,49?,50?,51+,57+,62+,63?/m1/s1. The summed E-state index contributed by atoms with van der Waals surface area (Å²) in [5.74, 6) is -4.84. The molecular weight excluding hydrogens is 1180 g/mol. The highest BCUT2D eigenvalue weighted by Gasteiger charge is 2.64. The van der Waals surface area contributed by atoms with E-state index in [1.165, 1.54) is 35.8 Å². The van der Waals surface area contributed by atoms with E-state index in [2.05, 4.69) is 16.0 Å². The Morgan fingerprint density at radius 1 is 0.989 bits per heavy atom. The first-order valence-electron chi connectivity index (χ1n) is 29.7. The Kier molecular flexibility index (Phi) is 25.7. The molecule has 26 heteroatoms. The van der Waals surface area contributed by atoms with E-state index in [9.17, 15) is 53.4 Å². The molecule has 4 aliphatic rings. The molecule has 6 amide bonds. The largest absolute Gasteiger partial charge is 0.508 e. The lowest BCUT2D eigenvalue weighted by molar-refractivity contribution is -0.162. The molecule has 2 fully saturated rings. The number of carbonyl (C=O) groups excluding carboxylic acids is 9. The minimum Gasteiger partial charge on any atom is -0.508 e. The second-order valence-electron chi connectivity index (χ2n) is 23.1. The van der Waals surface area contributed by atoms with Gasteiger partial charge >= 0.3 is 24.0 Å². The third kappa shape index (κ3) is 19.8. The van der Waals surface area contributed by atoms with Gasteiger partial charge in [-0.1, -0.05) is 74.5 Å². The number of ether oxygens (including phenoxy) is 8. The molecule has 0 spiro atoms. The van der Waals surface area contributed by atoms with Crippen LogP contribution in [0.2, 0.25) is 0 Å². The molecule has 6 rings (SSSR count). The van der Waals surface area contributed by atoms with E-state index in [0.717, 1.165) is 17.3 Å². The maximum atomic E-state index is 14.4. The van der Waals surface area contributed by atoms with Crippen LogP contribution in [0.15, 0.2) is 66.3 Å². The van der Waals surface area contributed by atoms with Crippen molar-refractivity contribution in [1.29, 1.82) is 0 Å². The van der Waals surface area contributed by atoms with Crippen molar-refractivity contribution < 1.29 is 91.3 Å². The fourth-order valence-electron chi connectivity index (χ4n) is 10.4. The molecule has 25 nitrogen and oxygen atoms in total. The Hall–Kier alpha value is -7.36. The Labute approximate surface area is 523 Å². The summed E-state index contributed by atoms with van der Waals surface area (Å²) in [7, 11) is 5.93. The van der Waals surface area contributed by atoms with Crippen molar-refractivity contribution in [3.8, 4) is 5.75 Å². The van der Waals surface area contributed by atoms with Crippen molar-refractivity contribution in [3.05, 3.63) is 88.5 Å². The number of likely N-dealkylation sites (N-methyl/N-ethyl adjacent to an activating group) is 1. The lowest BCUT2D eigenvalue weighted by Crippen LogP contribution is -2.63. The zero-order valence-electron chi connectivity index (χ0n) is 52.6. The zero-order chi connectivity index (χ0) is 65.3. The number of aromatic hydroxyl groups is 1. The van der Waals surface area contributed by atoms with Gasteiger partial charge in [-0.15, -0.1) is 0 Å². The predicted octanol–water partition coefficient (Wildman–Crippen LogP) is 5.68. The summed E-state index contributed by atoms with van der Waals surface area (Å²) < 4.78 is 45.6. The number of methoxy groups -OCH3 is 1. The summed E-state index contributed by atoms with van der Waals surface area (Å²) in [4.78, 5) is 123. The molecule has 5 unspecified atom stereocenters. The van der Waals surface area contributed by atoms with Gasteiger partial charge in [0.25, 0.3) is 5.24 Å². The third-order valence-electron chi connectivity index (χ3n) is 16.2. The number of phenolic OH excluding ortho intramolecular Hbond substituents is 1. The van der Waals surface area contributed by atoms with Crippen LogP contribution in [0.4, 0.5) is 21.0 Å². The molecule has 2 aromatic rings. The second kappa shape index (κ2) is 32.4. The number of hydrogen-bond acceptors (Lipinski definition) is 20. The van der Waals surface area contributed by atoms with E-state index in [0.29, 0.717) is 46.7 Å². The van der Waals surface area contributed by atoms with E-state index >= 15 is 0 Å². The maximum absolute atomic E-state index is 14.4. The lowest BCUT2D eigenvalue weighted by atomic mass is 9.83. The summed E-state index contributed by atoms with van der Waals surface area (Å²) in [5.41, 5.74) is 0.422. The van der Waals surface area contributed by atoms with Crippen molar-refractivity contribution >= 4 is 76.0 Å². The molecule has 2 saturated heterocycles. The Balaban J connectivity index is 1.03. The molecule has 0 aromatic heterocycles. The van der Waals surface area contributed by atoms with Crippen LogP contribution < -0.4 is 20.9 Å². The first kappa shape index (κ1) is 70.7. The van der Waals surface area contributed by atoms with Crippen molar-refractivity contribution in [3.63, 3.8) is 0 Å². The zero-order valence-corrected chi connectivity index (χ0v) is 53.4. The minimum atomic E-state index is -1.90. The predicted molar refractivity (Wildman–Crippen MR) is 327 cm³/mol. The molecule has 4 bridgehead atoms. The average molecular weight is 1260 g/mol. The third-order valence-corrected chi connectivity index (χ3v) is 17.2. The van der Waals surface area contributed by atoms with E-state index in [1.54, 1.807) is 103 Å². The topological polar surface area (TPSA) is 317 Å². The number of nitrogens with zero attached hydrogens (tertiary/aromatic N) is 3. The number of fused-ring (bicyclic) bond motifs is 5. The van der Waals surface area contributed by atoms with Gasteiger partial charge in [-0.3, -0.25) is 38.9 Å². The van der Waals surface area contributed by atoms with Crippen LogP contribution in [0.5, 0.6) is 5.75 Å². The molecule has 10 atom stereocenters. The normalized spacial score (nSPS) is 25.7. The summed E-state index contributed by atoms with van der Waals surface area (Å²) in [6.45, 7) is 12.3. The first-order chi connectivity index (χ1) is 42.2. The van der Waals surface area contributed by atoms with Gasteiger partial charge in [0.1, 0.15) is 55.2 Å². The van der Waals surface area contributed by atoms with Crippen molar-refractivity contribution in [2.24, 2.45) is 11.8 Å². The smallest absolute Gasteiger partial charge is 0.409 e. The average Bonchev–Trinajstić information content (AvgIpc) is 1.58. The number of hydrogen-bond donors (Lipinski definition) is 5. The van der Waals surface area contributed by atoms with E-state index in [4.69, 9.17) is 37.9 Å². The molecule has 89 heavy (non-hydrogen) atoms. The molecule has 488 valence electrons. The minimum absolute atomic E-state index is 0.0364. The number of aliphatic hydroxyl groups is 1. The fourth-order valence-corrected chi connectivity index (χ4v) is 11.1. The number of amides is 6. The molecule has 0 radical (unpaired) electrons. The molecule has 0 saturated carbocycles.